The molecule has 0 radical (unpaired) electrons. The molecular weight excluding hydrogens is 298 g/mol. The Morgan fingerprint density at radius 2 is 2.18 bits per heavy atom. The topological polar surface area (TPSA) is 25.2 Å². The Morgan fingerprint density at radius 3 is 2.76 bits per heavy atom. The van der Waals surface area contributed by atoms with Crippen molar-refractivity contribution in [2.24, 2.45) is 0 Å². The monoisotopic (exact) mass is 313 g/mol. The highest BCUT2D eigenvalue weighted by atomic mass is 79.9. The van der Waals surface area contributed by atoms with Crippen LogP contribution in [-0.2, 0) is 6.42 Å². The van der Waals surface area contributed by atoms with Crippen LogP contribution >= 0.6 is 27.3 Å². The maximum Gasteiger partial charge on any atom is 0.169 e. The number of halogens is 1. The lowest BCUT2D eigenvalue weighted by molar-refractivity contribution is 0.439. The van der Waals surface area contributed by atoms with Crippen molar-refractivity contribution < 1.29 is 4.42 Å². The Morgan fingerprint density at radius 1 is 1.35 bits per heavy atom. The van der Waals surface area contributed by atoms with Crippen molar-refractivity contribution in [2.75, 3.05) is 6.54 Å². The molecule has 0 amide bonds. The summed E-state index contributed by atoms with van der Waals surface area (Å²) in [7, 11) is 0. The van der Waals surface area contributed by atoms with Gasteiger partial charge in [0.05, 0.1) is 0 Å². The van der Waals surface area contributed by atoms with Crippen molar-refractivity contribution in [3.8, 4) is 0 Å². The van der Waals surface area contributed by atoms with Crippen molar-refractivity contribution >= 4 is 27.3 Å². The third kappa shape index (κ3) is 2.81. The summed E-state index contributed by atoms with van der Waals surface area (Å²) < 4.78 is 6.46. The van der Waals surface area contributed by atoms with Gasteiger partial charge in [0.25, 0.3) is 0 Å². The molecule has 2 rings (SSSR count). The van der Waals surface area contributed by atoms with Crippen LogP contribution in [0.15, 0.2) is 32.7 Å². The van der Waals surface area contributed by atoms with Gasteiger partial charge in [-0.15, -0.1) is 11.3 Å². The maximum atomic E-state index is 5.68. The summed E-state index contributed by atoms with van der Waals surface area (Å²) >= 11 is 5.15. The van der Waals surface area contributed by atoms with Crippen LogP contribution in [0.5, 0.6) is 0 Å². The third-order valence-electron chi connectivity index (χ3n) is 2.71. The first kappa shape index (κ1) is 12.9. The fraction of sp³-hybridized carbons (Fsp3) is 0.385. The molecule has 0 saturated heterocycles. The molecule has 0 saturated carbocycles. The van der Waals surface area contributed by atoms with Crippen LogP contribution in [-0.4, -0.2) is 6.54 Å². The molecule has 0 bridgehead atoms. The van der Waals surface area contributed by atoms with Gasteiger partial charge in [-0.25, -0.2) is 0 Å². The third-order valence-corrected chi connectivity index (χ3v) is 4.16. The molecule has 4 heteroatoms. The molecule has 17 heavy (non-hydrogen) atoms. The zero-order chi connectivity index (χ0) is 12.3. The first-order chi connectivity index (χ1) is 8.26. The van der Waals surface area contributed by atoms with E-state index in [2.05, 4.69) is 46.5 Å². The molecule has 0 aliphatic heterocycles. The molecule has 2 nitrogen and oxygen atoms in total. The zero-order valence-corrected chi connectivity index (χ0v) is 12.4. The van der Waals surface area contributed by atoms with E-state index in [1.165, 1.54) is 10.4 Å². The van der Waals surface area contributed by atoms with Gasteiger partial charge in [-0.2, -0.15) is 0 Å². The largest absolute Gasteiger partial charge is 0.452 e. The fourth-order valence-electron chi connectivity index (χ4n) is 1.90. The minimum absolute atomic E-state index is 0.168. The van der Waals surface area contributed by atoms with Crippen molar-refractivity contribution in [1.82, 2.24) is 5.32 Å². The van der Waals surface area contributed by atoms with Crippen LogP contribution in [0, 0.1) is 0 Å². The molecule has 0 fully saturated rings. The Hall–Kier alpha value is -0.580. The molecular formula is C13H16BrNOS. The second-order valence-corrected chi connectivity index (χ2v) is 5.53. The van der Waals surface area contributed by atoms with E-state index in [-0.39, 0.29) is 6.04 Å². The highest BCUT2D eigenvalue weighted by molar-refractivity contribution is 9.10. The zero-order valence-electron chi connectivity index (χ0n) is 10.00. The highest BCUT2D eigenvalue weighted by Crippen LogP contribution is 2.32. The average Bonchev–Trinajstić information content (AvgIpc) is 2.94. The maximum absolute atomic E-state index is 5.68. The van der Waals surface area contributed by atoms with Crippen LogP contribution in [0.4, 0.5) is 0 Å². The van der Waals surface area contributed by atoms with E-state index in [4.69, 9.17) is 4.42 Å². The highest BCUT2D eigenvalue weighted by Gasteiger charge is 2.20. The van der Waals surface area contributed by atoms with Gasteiger partial charge in [0.15, 0.2) is 4.67 Å². The second-order valence-electron chi connectivity index (χ2n) is 3.80. The summed E-state index contributed by atoms with van der Waals surface area (Å²) in [4.78, 5) is 1.36. The lowest BCUT2D eigenvalue weighted by Crippen LogP contribution is -2.21. The van der Waals surface area contributed by atoms with Crippen molar-refractivity contribution in [2.45, 2.75) is 26.3 Å². The number of thiophene rings is 1. The van der Waals surface area contributed by atoms with Gasteiger partial charge in [-0.1, -0.05) is 13.8 Å². The Labute approximate surface area is 114 Å². The molecule has 0 aliphatic carbocycles. The minimum atomic E-state index is 0.168. The summed E-state index contributed by atoms with van der Waals surface area (Å²) in [6.45, 7) is 5.22. The van der Waals surface area contributed by atoms with Crippen LogP contribution in [0.25, 0.3) is 0 Å². The summed E-state index contributed by atoms with van der Waals surface area (Å²) in [6, 6.07) is 6.33. The standard InChI is InChI=1S/C13H16BrNOS/c1-3-9-7-8-17-13(9)12(15-4-2)10-5-6-11(14)16-10/h5-8,12,15H,3-4H2,1-2H3. The van der Waals surface area contributed by atoms with Crippen LogP contribution in [0.2, 0.25) is 0 Å². The Kier molecular flexibility index (Phi) is 4.42. The molecule has 0 aromatic carbocycles. The number of nitrogens with one attached hydrogen (secondary N) is 1. The summed E-state index contributed by atoms with van der Waals surface area (Å²) in [5, 5.41) is 5.63. The number of hydrogen-bond acceptors (Lipinski definition) is 3. The molecule has 1 N–H and O–H groups in total. The Balaban J connectivity index is 2.35. The van der Waals surface area contributed by atoms with Gasteiger partial charge in [0.2, 0.25) is 0 Å². The molecule has 0 spiro atoms. The molecule has 2 aromatic heterocycles. The van der Waals surface area contributed by atoms with Gasteiger partial charge in [-0.3, -0.25) is 0 Å². The van der Waals surface area contributed by atoms with Crippen LogP contribution in [0.3, 0.4) is 0 Å². The van der Waals surface area contributed by atoms with Gasteiger partial charge in [-0.05, 0) is 58.0 Å². The average molecular weight is 314 g/mol. The normalized spacial score (nSPS) is 12.9. The quantitative estimate of drug-likeness (QED) is 0.887. The summed E-state index contributed by atoms with van der Waals surface area (Å²) in [6.07, 6.45) is 1.06. The van der Waals surface area contributed by atoms with E-state index < -0.39 is 0 Å². The number of aryl methyl sites for hydroxylation is 1. The lowest BCUT2D eigenvalue weighted by Gasteiger charge is -2.15. The number of hydrogen-bond donors (Lipinski definition) is 1. The van der Waals surface area contributed by atoms with Gasteiger partial charge >= 0.3 is 0 Å². The van der Waals surface area contributed by atoms with Gasteiger partial charge in [0.1, 0.15) is 11.8 Å². The molecule has 2 aromatic rings. The van der Waals surface area contributed by atoms with Crippen molar-refractivity contribution in [1.29, 1.82) is 0 Å². The molecule has 0 aliphatic rings. The first-order valence-electron chi connectivity index (χ1n) is 5.81. The van der Waals surface area contributed by atoms with E-state index in [9.17, 15) is 0 Å². The van der Waals surface area contributed by atoms with E-state index in [1.54, 1.807) is 11.3 Å². The van der Waals surface area contributed by atoms with E-state index in [0.29, 0.717) is 0 Å². The van der Waals surface area contributed by atoms with E-state index in [1.807, 2.05) is 12.1 Å². The van der Waals surface area contributed by atoms with E-state index in [0.717, 1.165) is 23.4 Å². The second kappa shape index (κ2) is 5.85. The first-order valence-corrected chi connectivity index (χ1v) is 7.48. The van der Waals surface area contributed by atoms with Crippen molar-refractivity contribution in [3.05, 3.63) is 44.4 Å². The Bertz CT molecular complexity index is 477. The summed E-state index contributed by atoms with van der Waals surface area (Å²) in [5.74, 6) is 0.968. The molecule has 1 unspecified atom stereocenters. The fourth-order valence-corrected chi connectivity index (χ4v) is 3.30. The van der Waals surface area contributed by atoms with E-state index >= 15 is 0 Å². The smallest absolute Gasteiger partial charge is 0.169 e. The molecule has 1 atom stereocenters. The number of furan rings is 1. The summed E-state index contributed by atoms with van der Waals surface area (Å²) in [5.41, 5.74) is 1.40. The lowest BCUT2D eigenvalue weighted by atomic mass is 10.1. The molecule has 92 valence electrons. The predicted octanol–water partition coefficient (Wildman–Crippen LogP) is 4.36. The van der Waals surface area contributed by atoms with Crippen LogP contribution < -0.4 is 5.32 Å². The predicted molar refractivity (Wildman–Crippen MR) is 75.6 cm³/mol. The SMILES string of the molecule is CCNC(c1ccc(Br)o1)c1sccc1CC. The van der Waals surface area contributed by atoms with Gasteiger partial charge in [0, 0.05) is 4.88 Å². The number of rotatable bonds is 5. The molecule has 2 heterocycles. The van der Waals surface area contributed by atoms with Crippen molar-refractivity contribution in [3.63, 3.8) is 0 Å². The van der Waals surface area contributed by atoms with Crippen LogP contribution in [0.1, 0.15) is 36.1 Å². The van der Waals surface area contributed by atoms with Gasteiger partial charge < -0.3 is 9.73 Å². The minimum Gasteiger partial charge on any atom is -0.452 e.